The third-order valence-corrected chi connectivity index (χ3v) is 9.61. The highest BCUT2D eigenvalue weighted by Gasteiger charge is 2.36. The van der Waals surface area contributed by atoms with Gasteiger partial charge in [0.25, 0.3) is 5.91 Å². The smallest absolute Gasteiger partial charge is 0.256 e. The number of carbonyl (C=O) groups is 1. The van der Waals surface area contributed by atoms with E-state index in [0.29, 0.717) is 24.9 Å². The van der Waals surface area contributed by atoms with Crippen LogP contribution in [-0.4, -0.2) is 83.2 Å². The summed E-state index contributed by atoms with van der Waals surface area (Å²) in [6.07, 6.45) is 4.28. The highest BCUT2D eigenvalue weighted by molar-refractivity contribution is 7.91. The minimum Gasteiger partial charge on any atom is -0.371 e. The van der Waals surface area contributed by atoms with E-state index in [9.17, 15) is 21.6 Å². The van der Waals surface area contributed by atoms with Gasteiger partial charge in [-0.15, -0.1) is 0 Å². The fraction of sp³-hybridized carbons (Fsp3) is 0.667. The van der Waals surface area contributed by atoms with Gasteiger partial charge in [-0.1, -0.05) is 6.92 Å². The Morgan fingerprint density at radius 2 is 1.84 bits per heavy atom. The molecule has 2 heterocycles. The topological polar surface area (TPSA) is 95.1 Å². The lowest BCUT2D eigenvalue weighted by atomic mass is 10.0. The van der Waals surface area contributed by atoms with Crippen LogP contribution in [0.5, 0.6) is 0 Å². The molecule has 1 atom stereocenters. The van der Waals surface area contributed by atoms with Crippen molar-refractivity contribution in [2.24, 2.45) is 0 Å². The van der Waals surface area contributed by atoms with Crippen LogP contribution in [-0.2, 0) is 19.9 Å². The van der Waals surface area contributed by atoms with Crippen LogP contribution < -0.4 is 4.90 Å². The first-order valence-corrected chi connectivity index (χ1v) is 14.2. The van der Waals surface area contributed by atoms with Gasteiger partial charge in [-0.05, 0) is 50.3 Å². The van der Waals surface area contributed by atoms with Crippen LogP contribution in [0.15, 0.2) is 23.1 Å². The molecule has 10 heteroatoms. The normalized spacial score (nSPS) is 21.4. The minimum absolute atomic E-state index is 0.0343. The Morgan fingerprint density at radius 3 is 2.39 bits per heavy atom. The fourth-order valence-electron chi connectivity index (χ4n) is 4.34. The maximum Gasteiger partial charge on any atom is 0.256 e. The number of piperidine rings is 1. The number of anilines is 1. The molecule has 0 aliphatic carbocycles. The lowest BCUT2D eigenvalue weighted by Gasteiger charge is -2.33. The lowest BCUT2D eigenvalue weighted by molar-refractivity contribution is 0.0697. The molecule has 3 rings (SSSR count). The molecule has 2 aliphatic rings. The number of sulfonamides is 1. The molecule has 1 amide bonds. The predicted octanol–water partition coefficient (Wildman–Crippen LogP) is 1.97. The van der Waals surface area contributed by atoms with Crippen molar-refractivity contribution in [3.05, 3.63) is 23.8 Å². The first-order chi connectivity index (χ1) is 14.6. The van der Waals surface area contributed by atoms with Crippen LogP contribution in [0.2, 0.25) is 0 Å². The summed E-state index contributed by atoms with van der Waals surface area (Å²) < 4.78 is 50.7. The zero-order valence-corrected chi connectivity index (χ0v) is 20.2. The van der Waals surface area contributed by atoms with E-state index in [2.05, 4.69) is 4.90 Å². The molecule has 174 valence electrons. The van der Waals surface area contributed by atoms with Crippen LogP contribution in [0, 0.1) is 0 Å². The van der Waals surface area contributed by atoms with E-state index in [1.54, 1.807) is 17.0 Å². The van der Waals surface area contributed by atoms with Gasteiger partial charge in [-0.25, -0.2) is 21.1 Å². The van der Waals surface area contributed by atoms with Crippen molar-refractivity contribution in [1.82, 2.24) is 9.21 Å². The molecule has 8 nitrogen and oxygen atoms in total. The summed E-state index contributed by atoms with van der Waals surface area (Å²) >= 11 is 0. The molecule has 2 aliphatic heterocycles. The Hall–Kier alpha value is -1.65. The Kier molecular flexibility index (Phi) is 7.32. The van der Waals surface area contributed by atoms with Crippen LogP contribution in [0.3, 0.4) is 0 Å². The van der Waals surface area contributed by atoms with E-state index in [1.165, 1.54) is 20.2 Å². The molecular weight excluding hydrogens is 438 g/mol. The summed E-state index contributed by atoms with van der Waals surface area (Å²) in [5, 5.41) is 0. The zero-order valence-electron chi connectivity index (χ0n) is 18.6. The second kappa shape index (κ2) is 9.46. The van der Waals surface area contributed by atoms with E-state index in [0.717, 1.165) is 42.3 Å². The van der Waals surface area contributed by atoms with Gasteiger partial charge >= 0.3 is 0 Å². The number of rotatable bonds is 7. The first-order valence-electron chi connectivity index (χ1n) is 10.9. The molecular formula is C21H33N3O5S2. The Morgan fingerprint density at radius 1 is 1.16 bits per heavy atom. The standard InChI is InChI=1S/C21H33N3O5S2/c1-4-11-24(17-10-14-30(26,27)16-17)21(25)19-15-18(31(28,29)22(2)3)8-9-20(19)23-12-6-5-7-13-23/h8-9,15,17H,4-7,10-14,16H2,1-3H3. The second-order valence-corrected chi connectivity index (χ2v) is 13.0. The fourth-order valence-corrected chi connectivity index (χ4v) is 6.99. The van der Waals surface area contributed by atoms with Crippen LogP contribution in [0.25, 0.3) is 0 Å². The first kappa shape index (κ1) is 24.0. The van der Waals surface area contributed by atoms with Crippen LogP contribution >= 0.6 is 0 Å². The number of nitrogens with zero attached hydrogens (tertiary/aromatic N) is 3. The molecule has 0 bridgehead atoms. The molecule has 1 unspecified atom stereocenters. The molecule has 0 saturated carbocycles. The van der Waals surface area contributed by atoms with E-state index in [1.807, 2.05) is 6.92 Å². The Bertz CT molecular complexity index is 1020. The van der Waals surface area contributed by atoms with Gasteiger partial charge in [-0.2, -0.15) is 0 Å². The molecule has 31 heavy (non-hydrogen) atoms. The number of amides is 1. The van der Waals surface area contributed by atoms with Gasteiger partial charge in [0, 0.05) is 45.5 Å². The molecule has 0 spiro atoms. The number of sulfone groups is 1. The number of hydrogen-bond acceptors (Lipinski definition) is 6. The molecule has 0 N–H and O–H groups in total. The van der Waals surface area contributed by atoms with Gasteiger partial charge in [0.2, 0.25) is 10.0 Å². The highest BCUT2D eigenvalue weighted by atomic mass is 32.2. The van der Waals surface area contributed by atoms with E-state index < -0.39 is 19.9 Å². The summed E-state index contributed by atoms with van der Waals surface area (Å²) in [5.41, 5.74) is 1.06. The third-order valence-electron chi connectivity index (χ3n) is 6.05. The molecule has 2 saturated heterocycles. The molecule has 0 aromatic heterocycles. The van der Waals surface area contributed by atoms with Crippen molar-refractivity contribution >= 4 is 31.5 Å². The average Bonchev–Trinajstić information content (AvgIpc) is 3.10. The lowest BCUT2D eigenvalue weighted by Crippen LogP contribution is -2.42. The predicted molar refractivity (Wildman–Crippen MR) is 122 cm³/mol. The van der Waals surface area contributed by atoms with Crippen molar-refractivity contribution in [2.75, 3.05) is 50.1 Å². The van der Waals surface area contributed by atoms with Crippen LogP contribution in [0.1, 0.15) is 49.4 Å². The van der Waals surface area contributed by atoms with E-state index >= 15 is 0 Å². The summed E-state index contributed by atoms with van der Waals surface area (Å²) in [6.45, 7) is 4.00. The number of hydrogen-bond donors (Lipinski definition) is 0. The highest BCUT2D eigenvalue weighted by Crippen LogP contribution is 2.30. The number of benzene rings is 1. The van der Waals surface area contributed by atoms with Crippen molar-refractivity contribution in [2.45, 2.75) is 50.0 Å². The van der Waals surface area contributed by atoms with Gasteiger partial charge in [0.05, 0.1) is 22.0 Å². The molecule has 1 aromatic carbocycles. The molecule has 2 fully saturated rings. The van der Waals surface area contributed by atoms with Gasteiger partial charge in [0.15, 0.2) is 9.84 Å². The van der Waals surface area contributed by atoms with Gasteiger partial charge in [0.1, 0.15) is 0 Å². The van der Waals surface area contributed by atoms with Crippen molar-refractivity contribution in [3.8, 4) is 0 Å². The quantitative estimate of drug-likeness (QED) is 0.603. The third kappa shape index (κ3) is 5.23. The minimum atomic E-state index is -3.71. The van der Waals surface area contributed by atoms with Gasteiger partial charge in [-0.3, -0.25) is 4.79 Å². The van der Waals surface area contributed by atoms with E-state index in [-0.39, 0.29) is 28.4 Å². The summed E-state index contributed by atoms with van der Waals surface area (Å²) in [4.78, 5) is 17.6. The maximum atomic E-state index is 13.7. The maximum absolute atomic E-state index is 13.7. The molecule has 1 aromatic rings. The van der Waals surface area contributed by atoms with Gasteiger partial charge < -0.3 is 9.80 Å². The van der Waals surface area contributed by atoms with Crippen LogP contribution in [0.4, 0.5) is 5.69 Å². The average molecular weight is 472 g/mol. The summed E-state index contributed by atoms with van der Waals surface area (Å²) in [5.74, 6) is -0.243. The SMILES string of the molecule is CCCN(C(=O)c1cc(S(=O)(=O)N(C)C)ccc1N1CCCCC1)C1CCS(=O)(=O)C1. The summed E-state index contributed by atoms with van der Waals surface area (Å²) in [7, 11) is -3.94. The second-order valence-electron chi connectivity index (χ2n) is 8.57. The largest absolute Gasteiger partial charge is 0.371 e. The van der Waals surface area contributed by atoms with E-state index in [4.69, 9.17) is 0 Å². The zero-order chi connectivity index (χ0) is 22.8. The summed E-state index contributed by atoms with van der Waals surface area (Å²) in [6, 6.07) is 4.37. The monoisotopic (exact) mass is 471 g/mol. The molecule has 0 radical (unpaired) electrons. The number of carbonyl (C=O) groups excluding carboxylic acids is 1. The van der Waals surface area contributed by atoms with Crippen molar-refractivity contribution in [3.63, 3.8) is 0 Å². The Labute approximate surface area is 186 Å². The Balaban J connectivity index is 2.06. The van der Waals surface area contributed by atoms with Crippen molar-refractivity contribution in [1.29, 1.82) is 0 Å². The van der Waals surface area contributed by atoms with Crippen molar-refractivity contribution < 1.29 is 21.6 Å².